The largest absolute Gasteiger partial charge is 0.325 e. The summed E-state index contributed by atoms with van der Waals surface area (Å²) in [5.41, 5.74) is 3.32. The predicted molar refractivity (Wildman–Crippen MR) is 103 cm³/mol. The lowest BCUT2D eigenvalue weighted by molar-refractivity contribution is -0.115. The van der Waals surface area contributed by atoms with Crippen molar-refractivity contribution >= 4 is 23.4 Å². The number of amides is 1. The zero-order valence-electron chi connectivity index (χ0n) is 15.0. The number of nitrogens with zero attached hydrogens (tertiary/aromatic N) is 2. The molecule has 4 nitrogen and oxygen atoms in total. The molecule has 1 aromatic heterocycles. The first-order chi connectivity index (χ1) is 11.9. The second-order valence-electron chi connectivity index (χ2n) is 6.23. The average Bonchev–Trinajstić information content (AvgIpc) is 2.59. The monoisotopic (exact) mass is 353 g/mol. The minimum Gasteiger partial charge on any atom is -0.325 e. The van der Waals surface area contributed by atoms with Crippen LogP contribution in [0.15, 0.2) is 41.4 Å². The van der Waals surface area contributed by atoms with Crippen LogP contribution in [0, 0.1) is 18.3 Å². The summed E-state index contributed by atoms with van der Waals surface area (Å²) in [5.74, 6) is 0.201. The number of thioether (sulfide) groups is 1. The number of benzene rings is 1. The van der Waals surface area contributed by atoms with E-state index in [1.165, 1.54) is 11.8 Å². The van der Waals surface area contributed by atoms with E-state index >= 15 is 0 Å². The number of nitriles is 1. The highest BCUT2D eigenvalue weighted by atomic mass is 32.2. The summed E-state index contributed by atoms with van der Waals surface area (Å²) < 4.78 is 0. The molecule has 0 aliphatic rings. The molecule has 0 aliphatic carbocycles. The normalized spacial score (nSPS) is 11.8. The molecule has 1 amide bonds. The van der Waals surface area contributed by atoms with Gasteiger partial charge in [0.05, 0.1) is 10.8 Å². The lowest BCUT2D eigenvalue weighted by atomic mass is 10.1. The predicted octanol–water partition coefficient (Wildman–Crippen LogP) is 4.89. The maximum absolute atomic E-state index is 12.6. The van der Waals surface area contributed by atoms with Crippen molar-refractivity contribution in [2.75, 3.05) is 5.32 Å². The van der Waals surface area contributed by atoms with Gasteiger partial charge in [-0.05, 0) is 49.1 Å². The fourth-order valence-corrected chi connectivity index (χ4v) is 3.35. The van der Waals surface area contributed by atoms with Gasteiger partial charge in [0.25, 0.3) is 0 Å². The molecule has 2 rings (SSSR count). The Balaban J connectivity index is 2.20. The van der Waals surface area contributed by atoms with Crippen molar-refractivity contribution in [2.24, 2.45) is 0 Å². The lowest BCUT2D eigenvalue weighted by Gasteiger charge is -2.16. The van der Waals surface area contributed by atoms with Crippen LogP contribution in [0.4, 0.5) is 5.69 Å². The topological polar surface area (TPSA) is 65.8 Å². The first-order valence-electron chi connectivity index (χ1n) is 8.39. The number of anilines is 1. The van der Waals surface area contributed by atoms with E-state index in [9.17, 15) is 10.1 Å². The Bertz CT molecular complexity index is 796. The van der Waals surface area contributed by atoms with Crippen molar-refractivity contribution in [1.82, 2.24) is 4.98 Å². The third kappa shape index (κ3) is 5.07. The Kier molecular flexibility index (Phi) is 6.60. The van der Waals surface area contributed by atoms with Crippen molar-refractivity contribution in [1.29, 1.82) is 5.26 Å². The number of hydrogen-bond acceptors (Lipinski definition) is 4. The summed E-state index contributed by atoms with van der Waals surface area (Å²) in [7, 11) is 0. The van der Waals surface area contributed by atoms with Gasteiger partial charge in [-0.25, -0.2) is 4.98 Å². The number of hydrogen-bond donors (Lipinski definition) is 1. The third-order valence-corrected chi connectivity index (χ3v) is 5.16. The number of nitrogens with one attached hydrogen (secondary N) is 1. The Morgan fingerprint density at radius 3 is 2.68 bits per heavy atom. The van der Waals surface area contributed by atoms with E-state index in [0.717, 1.165) is 16.9 Å². The number of aromatic nitrogens is 1. The fourth-order valence-electron chi connectivity index (χ4n) is 2.35. The summed E-state index contributed by atoms with van der Waals surface area (Å²) in [6.07, 6.45) is 0.654. The molecule has 0 fully saturated rings. The number of carbonyl (C=O) groups excluding carboxylic acids is 1. The molecule has 0 spiro atoms. The number of aryl methyl sites for hydroxylation is 1. The Morgan fingerprint density at radius 2 is 2.08 bits per heavy atom. The van der Waals surface area contributed by atoms with Gasteiger partial charge in [-0.2, -0.15) is 5.26 Å². The van der Waals surface area contributed by atoms with E-state index in [2.05, 4.69) is 30.2 Å². The van der Waals surface area contributed by atoms with Crippen molar-refractivity contribution in [3.8, 4) is 6.07 Å². The van der Waals surface area contributed by atoms with Crippen LogP contribution in [0.5, 0.6) is 0 Å². The van der Waals surface area contributed by atoms with Gasteiger partial charge in [-0.1, -0.05) is 44.7 Å². The molecule has 0 radical (unpaired) electrons. The SMILES string of the molecule is CCC(Sc1nc(C(C)C)ccc1C#N)C(=O)Nc1cccc(C)c1. The third-order valence-electron chi connectivity index (χ3n) is 3.80. The maximum Gasteiger partial charge on any atom is 0.237 e. The highest BCUT2D eigenvalue weighted by molar-refractivity contribution is 8.00. The molecule has 1 unspecified atom stereocenters. The van der Waals surface area contributed by atoms with E-state index in [0.29, 0.717) is 17.0 Å². The molecular weight excluding hydrogens is 330 g/mol. The minimum absolute atomic E-state index is 0.0706. The summed E-state index contributed by atoms with van der Waals surface area (Å²) in [6.45, 7) is 8.07. The van der Waals surface area contributed by atoms with E-state index in [1.807, 2.05) is 44.2 Å². The summed E-state index contributed by atoms with van der Waals surface area (Å²) in [4.78, 5) is 17.2. The Morgan fingerprint density at radius 1 is 1.32 bits per heavy atom. The summed E-state index contributed by atoms with van der Waals surface area (Å²) >= 11 is 1.36. The van der Waals surface area contributed by atoms with Gasteiger partial charge in [-0.3, -0.25) is 4.79 Å². The molecule has 0 aliphatic heterocycles. The number of rotatable bonds is 6. The van der Waals surface area contributed by atoms with Crippen LogP contribution in [0.1, 0.15) is 49.9 Å². The zero-order valence-corrected chi connectivity index (χ0v) is 15.9. The first kappa shape index (κ1) is 19.0. The fraction of sp³-hybridized carbons (Fsp3) is 0.350. The smallest absolute Gasteiger partial charge is 0.237 e. The van der Waals surface area contributed by atoms with Gasteiger partial charge in [0.2, 0.25) is 5.91 Å². The van der Waals surface area contributed by atoms with Crippen LogP contribution in [-0.4, -0.2) is 16.1 Å². The molecule has 25 heavy (non-hydrogen) atoms. The Labute approximate surface area is 153 Å². The molecule has 1 aromatic carbocycles. The van der Waals surface area contributed by atoms with Crippen LogP contribution >= 0.6 is 11.8 Å². The van der Waals surface area contributed by atoms with E-state index in [1.54, 1.807) is 6.07 Å². The average molecular weight is 353 g/mol. The summed E-state index contributed by atoms with van der Waals surface area (Å²) in [6, 6.07) is 13.6. The quantitative estimate of drug-likeness (QED) is 0.751. The van der Waals surface area contributed by atoms with E-state index in [4.69, 9.17) is 0 Å². The van der Waals surface area contributed by atoms with Gasteiger partial charge < -0.3 is 5.32 Å². The van der Waals surface area contributed by atoms with Crippen molar-refractivity contribution in [3.05, 3.63) is 53.2 Å². The van der Waals surface area contributed by atoms with Crippen molar-refractivity contribution < 1.29 is 4.79 Å². The van der Waals surface area contributed by atoms with Crippen LogP contribution in [0.2, 0.25) is 0 Å². The highest BCUT2D eigenvalue weighted by Crippen LogP contribution is 2.29. The van der Waals surface area contributed by atoms with Crippen molar-refractivity contribution in [2.45, 2.75) is 50.3 Å². The van der Waals surface area contributed by atoms with Gasteiger partial charge in [-0.15, -0.1) is 0 Å². The molecule has 1 atom stereocenters. The van der Waals surface area contributed by atoms with Crippen LogP contribution < -0.4 is 5.32 Å². The highest BCUT2D eigenvalue weighted by Gasteiger charge is 2.21. The molecular formula is C20H23N3OS. The Hall–Kier alpha value is -2.32. The van der Waals surface area contributed by atoms with Crippen LogP contribution in [0.3, 0.4) is 0 Å². The lowest BCUT2D eigenvalue weighted by Crippen LogP contribution is -2.24. The van der Waals surface area contributed by atoms with Crippen molar-refractivity contribution in [3.63, 3.8) is 0 Å². The maximum atomic E-state index is 12.6. The molecule has 130 valence electrons. The number of pyridine rings is 1. The minimum atomic E-state index is -0.303. The number of carbonyl (C=O) groups is 1. The second kappa shape index (κ2) is 8.68. The molecule has 2 aromatic rings. The molecule has 0 saturated heterocycles. The van der Waals surface area contributed by atoms with Gasteiger partial charge >= 0.3 is 0 Å². The van der Waals surface area contributed by atoms with E-state index < -0.39 is 0 Å². The van der Waals surface area contributed by atoms with Crippen LogP contribution in [0.25, 0.3) is 0 Å². The molecule has 1 heterocycles. The van der Waals surface area contributed by atoms with Gasteiger partial charge in [0, 0.05) is 11.4 Å². The van der Waals surface area contributed by atoms with Gasteiger partial charge in [0.15, 0.2) is 0 Å². The van der Waals surface area contributed by atoms with Gasteiger partial charge in [0.1, 0.15) is 11.1 Å². The molecule has 0 saturated carbocycles. The summed E-state index contributed by atoms with van der Waals surface area (Å²) in [5, 5.41) is 12.6. The molecule has 5 heteroatoms. The van der Waals surface area contributed by atoms with E-state index in [-0.39, 0.29) is 17.1 Å². The first-order valence-corrected chi connectivity index (χ1v) is 9.27. The second-order valence-corrected chi connectivity index (χ2v) is 7.42. The standard InChI is InChI=1S/C20H23N3OS/c1-5-18(19(24)22-16-8-6-7-14(4)11-16)25-20-15(12-21)9-10-17(23-20)13(2)3/h6-11,13,18H,5H2,1-4H3,(H,22,24). The molecule has 1 N–H and O–H groups in total. The van der Waals surface area contributed by atoms with Crippen LogP contribution in [-0.2, 0) is 4.79 Å². The zero-order chi connectivity index (χ0) is 18.4. The molecule has 0 bridgehead atoms.